The summed E-state index contributed by atoms with van der Waals surface area (Å²) in [7, 11) is 0. The molecular formula is C27H35FN2O. The summed E-state index contributed by atoms with van der Waals surface area (Å²) in [4.78, 5) is 13.5. The van der Waals surface area contributed by atoms with E-state index >= 15 is 0 Å². The lowest BCUT2D eigenvalue weighted by atomic mass is 9.57. The first-order valence-electron chi connectivity index (χ1n) is 11.7. The molecule has 3 nitrogen and oxygen atoms in total. The summed E-state index contributed by atoms with van der Waals surface area (Å²) in [6, 6.07) is 10.3. The van der Waals surface area contributed by atoms with E-state index in [2.05, 4.69) is 38.0 Å². The Balaban J connectivity index is 0.00000112. The molecule has 1 heterocycles. The molecule has 1 aromatic carbocycles. The zero-order valence-electron chi connectivity index (χ0n) is 19.7. The first kappa shape index (κ1) is 22.0. The standard InChI is InChI=1S/C25H29FN2O.C2H6/c1-23(2)11-15-10-18-21(22(28-27-18)16-12-24(3,26)13-16)25(4,20(15)19(29)14-23)17-8-6-5-7-9-17;1-2/h5-9,16H,10-14H2,1-4H3,(H,27,28);1-2H3/t16?,24?,25-;/m1./s1. The van der Waals surface area contributed by atoms with Crippen LogP contribution >= 0.6 is 0 Å². The Morgan fingerprint density at radius 1 is 1.03 bits per heavy atom. The first-order chi connectivity index (χ1) is 14.6. The molecule has 1 aromatic heterocycles. The highest BCUT2D eigenvalue weighted by molar-refractivity contribution is 6.01. The highest BCUT2D eigenvalue weighted by Gasteiger charge is 2.52. The maximum Gasteiger partial charge on any atom is 0.160 e. The zero-order valence-corrected chi connectivity index (χ0v) is 19.7. The Hall–Kier alpha value is -2.23. The maximum atomic E-state index is 14.3. The molecule has 0 aliphatic heterocycles. The number of nitrogens with zero attached hydrogens (tertiary/aromatic N) is 1. The van der Waals surface area contributed by atoms with Gasteiger partial charge in [-0.1, -0.05) is 63.6 Å². The van der Waals surface area contributed by atoms with Gasteiger partial charge < -0.3 is 0 Å². The second-order valence-electron chi connectivity index (χ2n) is 10.6. The zero-order chi connectivity index (χ0) is 22.6. The largest absolute Gasteiger partial charge is 0.294 e. The van der Waals surface area contributed by atoms with Crippen molar-refractivity contribution < 1.29 is 9.18 Å². The lowest BCUT2D eigenvalue weighted by Gasteiger charge is -2.45. The molecule has 1 atom stereocenters. The number of alkyl halides is 1. The number of aromatic amines is 1. The predicted molar refractivity (Wildman–Crippen MR) is 123 cm³/mol. The lowest BCUT2D eigenvalue weighted by Crippen LogP contribution is -2.42. The van der Waals surface area contributed by atoms with Crippen molar-refractivity contribution in [2.75, 3.05) is 0 Å². The highest BCUT2D eigenvalue weighted by atomic mass is 19.1. The van der Waals surface area contributed by atoms with E-state index in [4.69, 9.17) is 5.10 Å². The van der Waals surface area contributed by atoms with Crippen molar-refractivity contribution in [1.29, 1.82) is 0 Å². The van der Waals surface area contributed by atoms with E-state index in [1.165, 1.54) is 5.57 Å². The number of nitrogens with one attached hydrogen (secondary N) is 1. The number of benzene rings is 1. The Morgan fingerprint density at radius 3 is 2.29 bits per heavy atom. The molecule has 1 N–H and O–H groups in total. The second kappa shape index (κ2) is 7.43. The van der Waals surface area contributed by atoms with Gasteiger partial charge in [0.1, 0.15) is 5.67 Å². The molecule has 3 aliphatic rings. The Bertz CT molecular complexity index is 1020. The van der Waals surface area contributed by atoms with Gasteiger partial charge in [0.15, 0.2) is 5.78 Å². The van der Waals surface area contributed by atoms with Crippen LogP contribution in [0.5, 0.6) is 0 Å². The van der Waals surface area contributed by atoms with E-state index in [1.807, 2.05) is 32.0 Å². The van der Waals surface area contributed by atoms with Crippen molar-refractivity contribution in [2.45, 2.75) is 90.6 Å². The molecule has 0 radical (unpaired) electrons. The van der Waals surface area contributed by atoms with Crippen LogP contribution in [-0.4, -0.2) is 21.6 Å². The van der Waals surface area contributed by atoms with Crippen LogP contribution in [0.1, 0.15) is 95.7 Å². The molecule has 0 amide bonds. The average Bonchev–Trinajstić information content (AvgIpc) is 3.11. The fraction of sp³-hybridized carbons (Fsp3) is 0.556. The quantitative estimate of drug-likeness (QED) is 0.593. The molecule has 0 saturated heterocycles. The minimum atomic E-state index is -1.11. The summed E-state index contributed by atoms with van der Waals surface area (Å²) in [6.07, 6.45) is 3.25. The van der Waals surface area contributed by atoms with Crippen molar-refractivity contribution in [3.8, 4) is 0 Å². The average molecular weight is 423 g/mol. The maximum absolute atomic E-state index is 14.3. The van der Waals surface area contributed by atoms with Crippen molar-refractivity contribution in [3.05, 3.63) is 64.0 Å². The number of ketones is 1. The summed E-state index contributed by atoms with van der Waals surface area (Å²) in [6.45, 7) is 12.2. The predicted octanol–water partition coefficient (Wildman–Crippen LogP) is 6.59. The molecule has 166 valence electrons. The summed E-state index contributed by atoms with van der Waals surface area (Å²) in [5.74, 6) is 0.370. The molecule has 5 rings (SSSR count). The van der Waals surface area contributed by atoms with E-state index in [0.717, 1.165) is 40.9 Å². The number of H-pyrrole nitrogens is 1. The van der Waals surface area contributed by atoms with Gasteiger partial charge in [-0.25, -0.2) is 4.39 Å². The Morgan fingerprint density at radius 2 is 1.68 bits per heavy atom. The fourth-order valence-electron chi connectivity index (χ4n) is 6.17. The smallest absolute Gasteiger partial charge is 0.160 e. The number of hydrogen-bond donors (Lipinski definition) is 1. The van der Waals surface area contributed by atoms with Crippen molar-refractivity contribution in [2.24, 2.45) is 5.41 Å². The van der Waals surface area contributed by atoms with Crippen molar-refractivity contribution >= 4 is 5.78 Å². The third kappa shape index (κ3) is 3.48. The van der Waals surface area contributed by atoms with Gasteiger partial charge in [-0.05, 0) is 44.1 Å². The van der Waals surface area contributed by atoms with Gasteiger partial charge in [-0.3, -0.25) is 9.89 Å². The van der Waals surface area contributed by atoms with Crippen LogP contribution < -0.4 is 0 Å². The van der Waals surface area contributed by atoms with Crippen LogP contribution in [0.25, 0.3) is 0 Å². The first-order valence-corrected chi connectivity index (χ1v) is 11.7. The van der Waals surface area contributed by atoms with Gasteiger partial charge in [0, 0.05) is 41.0 Å². The second-order valence-corrected chi connectivity index (χ2v) is 10.6. The minimum absolute atomic E-state index is 0.0160. The highest BCUT2D eigenvalue weighted by Crippen LogP contribution is 2.56. The van der Waals surface area contributed by atoms with Gasteiger partial charge in [-0.2, -0.15) is 5.10 Å². The third-order valence-corrected chi connectivity index (χ3v) is 7.30. The number of carbonyl (C=O) groups excluding carboxylic acids is 1. The minimum Gasteiger partial charge on any atom is -0.294 e. The summed E-state index contributed by atoms with van der Waals surface area (Å²) >= 11 is 0. The van der Waals surface area contributed by atoms with Crippen molar-refractivity contribution in [1.82, 2.24) is 10.2 Å². The number of allylic oxidation sites excluding steroid dienone is 2. The van der Waals surface area contributed by atoms with Gasteiger partial charge in [0.25, 0.3) is 0 Å². The van der Waals surface area contributed by atoms with E-state index in [-0.39, 0.29) is 17.1 Å². The number of hydrogen-bond acceptors (Lipinski definition) is 2. The third-order valence-electron chi connectivity index (χ3n) is 7.30. The van der Waals surface area contributed by atoms with Gasteiger partial charge in [-0.15, -0.1) is 0 Å². The number of Topliss-reactive ketones (excluding diaryl/α,β-unsaturated/α-hetero) is 1. The molecule has 31 heavy (non-hydrogen) atoms. The van der Waals surface area contributed by atoms with Crippen molar-refractivity contribution in [3.63, 3.8) is 0 Å². The normalized spacial score (nSPS) is 31.2. The topological polar surface area (TPSA) is 45.8 Å². The number of aromatic nitrogens is 2. The van der Waals surface area contributed by atoms with E-state index in [0.29, 0.717) is 19.3 Å². The van der Waals surface area contributed by atoms with Crippen LogP contribution in [0.3, 0.4) is 0 Å². The molecule has 2 aromatic rings. The number of halogens is 1. The monoisotopic (exact) mass is 422 g/mol. The van der Waals surface area contributed by atoms with Crippen LogP contribution in [0.2, 0.25) is 0 Å². The molecule has 1 saturated carbocycles. The SMILES string of the molecule is CC.CC1(C)CC(=O)C2=C(Cc3[nH]nc(C4CC(C)(F)C4)c3[C@]2(C)c2ccccc2)C1. The van der Waals surface area contributed by atoms with Crippen LogP contribution in [0.15, 0.2) is 41.5 Å². The van der Waals surface area contributed by atoms with E-state index in [9.17, 15) is 9.18 Å². The van der Waals surface area contributed by atoms with Crippen LogP contribution in [0.4, 0.5) is 4.39 Å². The summed E-state index contributed by atoms with van der Waals surface area (Å²) < 4.78 is 14.3. The lowest BCUT2D eigenvalue weighted by molar-refractivity contribution is -0.118. The van der Waals surface area contributed by atoms with Crippen LogP contribution in [0, 0.1) is 5.41 Å². The molecule has 0 spiro atoms. The molecule has 0 unspecified atom stereocenters. The Kier molecular flexibility index (Phi) is 5.27. The number of fused-ring (bicyclic) bond motifs is 1. The fourth-order valence-corrected chi connectivity index (χ4v) is 6.17. The molecular weight excluding hydrogens is 387 g/mol. The molecule has 4 heteroatoms. The Labute approximate surface area is 185 Å². The molecule has 1 fully saturated rings. The van der Waals surface area contributed by atoms with E-state index in [1.54, 1.807) is 6.92 Å². The summed E-state index contributed by atoms with van der Waals surface area (Å²) in [5, 5.41) is 7.98. The molecule has 3 aliphatic carbocycles. The summed E-state index contributed by atoms with van der Waals surface area (Å²) in [5.41, 5.74) is 4.84. The van der Waals surface area contributed by atoms with E-state index < -0.39 is 11.1 Å². The van der Waals surface area contributed by atoms with Crippen LogP contribution in [-0.2, 0) is 16.6 Å². The van der Waals surface area contributed by atoms with Gasteiger partial charge in [0.2, 0.25) is 0 Å². The number of carbonyl (C=O) groups is 1. The van der Waals surface area contributed by atoms with Gasteiger partial charge >= 0.3 is 0 Å². The van der Waals surface area contributed by atoms with Gasteiger partial charge in [0.05, 0.1) is 5.69 Å². The molecule has 0 bridgehead atoms. The number of rotatable bonds is 2.